The maximum atomic E-state index is 12.7. The number of carbonyl (C=O) groups excluding carboxylic acids is 2. The van der Waals surface area contributed by atoms with E-state index in [1.54, 1.807) is 4.90 Å². The molecule has 0 atom stereocenters. The third-order valence-electron chi connectivity index (χ3n) is 5.94. The van der Waals surface area contributed by atoms with Gasteiger partial charge in [-0.15, -0.1) is 0 Å². The van der Waals surface area contributed by atoms with Crippen LogP contribution in [0.2, 0.25) is 0 Å². The van der Waals surface area contributed by atoms with Crippen molar-refractivity contribution in [2.75, 3.05) is 31.1 Å². The predicted octanol–water partition coefficient (Wildman–Crippen LogP) is 3.22. The molecule has 4 rings (SSSR count). The summed E-state index contributed by atoms with van der Waals surface area (Å²) in [4.78, 5) is 29.3. The second-order valence-corrected chi connectivity index (χ2v) is 7.59. The van der Waals surface area contributed by atoms with Gasteiger partial charge in [-0.25, -0.2) is 4.79 Å². The zero-order valence-corrected chi connectivity index (χ0v) is 16.8. The fraction of sp³-hybridized carbons (Fsp3) is 0.391. The van der Waals surface area contributed by atoms with E-state index >= 15 is 0 Å². The highest BCUT2D eigenvalue weighted by molar-refractivity contribution is 6.17. The lowest BCUT2D eigenvalue weighted by Gasteiger charge is -2.42. The Labute approximate surface area is 171 Å². The number of piperidine rings is 1. The maximum Gasteiger partial charge on any atom is 0.329 e. The molecule has 6 nitrogen and oxygen atoms in total. The van der Waals surface area contributed by atoms with Gasteiger partial charge in [0.1, 0.15) is 11.3 Å². The number of urea groups is 1. The van der Waals surface area contributed by atoms with E-state index in [-0.39, 0.29) is 11.9 Å². The SMILES string of the molecule is CCOc1ccccc1CCN1CCC2(CC1)C(=O)NC(=O)N2c1ccccc1. The van der Waals surface area contributed by atoms with Crippen molar-refractivity contribution in [3.05, 3.63) is 60.2 Å². The molecule has 0 aromatic heterocycles. The van der Waals surface area contributed by atoms with Crippen LogP contribution in [0.25, 0.3) is 0 Å². The highest BCUT2D eigenvalue weighted by Gasteiger charge is 2.54. The molecule has 0 aliphatic carbocycles. The predicted molar refractivity (Wildman–Crippen MR) is 112 cm³/mol. The molecule has 1 spiro atoms. The van der Waals surface area contributed by atoms with Crippen LogP contribution in [0.15, 0.2) is 54.6 Å². The van der Waals surface area contributed by atoms with Gasteiger partial charge in [0.2, 0.25) is 0 Å². The minimum atomic E-state index is -0.780. The minimum Gasteiger partial charge on any atom is -0.494 e. The number of para-hydroxylation sites is 2. The standard InChI is InChI=1S/C23H27N3O3/c1-2-29-20-11-7-6-8-18(20)12-15-25-16-13-23(14-17-25)21(27)24-22(28)26(23)19-9-4-3-5-10-19/h3-11H,2,12-17H2,1H3,(H,24,27,28). The summed E-state index contributed by atoms with van der Waals surface area (Å²) in [7, 11) is 0. The van der Waals surface area contributed by atoms with Gasteiger partial charge in [-0.05, 0) is 49.9 Å². The van der Waals surface area contributed by atoms with Crippen molar-refractivity contribution in [3.8, 4) is 5.75 Å². The lowest BCUT2D eigenvalue weighted by molar-refractivity contribution is -0.124. The van der Waals surface area contributed by atoms with Gasteiger partial charge < -0.3 is 9.64 Å². The number of imide groups is 1. The summed E-state index contributed by atoms with van der Waals surface area (Å²) in [6.45, 7) is 5.11. The Morgan fingerprint density at radius 2 is 1.69 bits per heavy atom. The zero-order valence-electron chi connectivity index (χ0n) is 16.8. The number of nitrogens with zero attached hydrogens (tertiary/aromatic N) is 2. The number of carbonyl (C=O) groups is 2. The van der Waals surface area contributed by atoms with Crippen LogP contribution >= 0.6 is 0 Å². The van der Waals surface area contributed by atoms with Gasteiger partial charge in [0.25, 0.3) is 5.91 Å². The Balaban J connectivity index is 1.43. The van der Waals surface area contributed by atoms with Crippen LogP contribution in [-0.4, -0.2) is 48.6 Å². The van der Waals surface area contributed by atoms with Crippen LogP contribution in [0.5, 0.6) is 5.75 Å². The molecule has 1 N–H and O–H groups in total. The van der Waals surface area contributed by atoms with Crippen LogP contribution in [0, 0.1) is 0 Å². The third kappa shape index (κ3) is 3.72. The molecule has 6 heteroatoms. The van der Waals surface area contributed by atoms with E-state index in [0.717, 1.165) is 37.5 Å². The lowest BCUT2D eigenvalue weighted by atomic mass is 9.85. The summed E-state index contributed by atoms with van der Waals surface area (Å²) >= 11 is 0. The second-order valence-electron chi connectivity index (χ2n) is 7.59. The molecule has 0 bridgehead atoms. The van der Waals surface area contributed by atoms with Gasteiger partial charge in [-0.3, -0.25) is 15.0 Å². The van der Waals surface area contributed by atoms with E-state index in [9.17, 15) is 9.59 Å². The second kappa shape index (κ2) is 8.25. The molecule has 2 aliphatic rings. The molecule has 2 fully saturated rings. The van der Waals surface area contributed by atoms with Crippen molar-refractivity contribution >= 4 is 17.6 Å². The summed E-state index contributed by atoms with van der Waals surface area (Å²) in [6, 6.07) is 17.3. The number of rotatable bonds is 6. The van der Waals surface area contributed by atoms with Crippen molar-refractivity contribution in [2.24, 2.45) is 0 Å². The molecule has 0 unspecified atom stereocenters. The number of hydrogen-bond acceptors (Lipinski definition) is 4. The van der Waals surface area contributed by atoms with Crippen molar-refractivity contribution in [1.82, 2.24) is 10.2 Å². The molecule has 0 saturated carbocycles. The molecular weight excluding hydrogens is 366 g/mol. The van der Waals surface area contributed by atoms with Gasteiger partial charge in [0.15, 0.2) is 0 Å². The van der Waals surface area contributed by atoms with Crippen LogP contribution in [-0.2, 0) is 11.2 Å². The molecule has 3 amide bonds. The molecule has 2 aromatic carbocycles. The average Bonchev–Trinajstić information content (AvgIpc) is 2.98. The summed E-state index contributed by atoms with van der Waals surface area (Å²) in [6.07, 6.45) is 2.16. The van der Waals surface area contributed by atoms with Crippen molar-refractivity contribution in [2.45, 2.75) is 31.7 Å². The first-order chi connectivity index (χ1) is 14.1. The van der Waals surface area contributed by atoms with Gasteiger partial charge in [0.05, 0.1) is 6.61 Å². The number of likely N-dealkylation sites (tertiary alicyclic amines) is 1. The van der Waals surface area contributed by atoms with Crippen molar-refractivity contribution in [1.29, 1.82) is 0 Å². The Bertz CT molecular complexity index is 876. The first-order valence-corrected chi connectivity index (χ1v) is 10.3. The first-order valence-electron chi connectivity index (χ1n) is 10.3. The number of ether oxygens (including phenoxy) is 1. The van der Waals surface area contributed by atoms with Crippen LogP contribution in [0.3, 0.4) is 0 Å². The van der Waals surface area contributed by atoms with Crippen LogP contribution in [0.4, 0.5) is 10.5 Å². The minimum absolute atomic E-state index is 0.173. The van der Waals surface area contributed by atoms with Crippen molar-refractivity contribution in [3.63, 3.8) is 0 Å². The normalized spacial score (nSPS) is 18.9. The van der Waals surface area contributed by atoms with Crippen LogP contribution < -0.4 is 15.0 Å². The third-order valence-corrected chi connectivity index (χ3v) is 5.94. The topological polar surface area (TPSA) is 61.9 Å². The molecule has 2 aliphatic heterocycles. The summed E-state index contributed by atoms with van der Waals surface area (Å²) < 4.78 is 5.73. The Hall–Kier alpha value is -2.86. The number of amides is 3. The summed E-state index contributed by atoms with van der Waals surface area (Å²) in [5.74, 6) is 0.771. The monoisotopic (exact) mass is 393 g/mol. The summed E-state index contributed by atoms with van der Waals surface area (Å²) in [5, 5.41) is 2.53. The quantitative estimate of drug-likeness (QED) is 0.766. The summed E-state index contributed by atoms with van der Waals surface area (Å²) in [5.41, 5.74) is 1.20. The average molecular weight is 393 g/mol. The van der Waals surface area contributed by atoms with E-state index in [4.69, 9.17) is 4.74 Å². The maximum absolute atomic E-state index is 12.7. The molecule has 152 valence electrons. The Morgan fingerprint density at radius 3 is 2.41 bits per heavy atom. The molecule has 2 heterocycles. The molecule has 0 radical (unpaired) electrons. The molecule has 29 heavy (non-hydrogen) atoms. The lowest BCUT2D eigenvalue weighted by Crippen LogP contribution is -2.57. The number of anilines is 1. The first kappa shape index (κ1) is 19.5. The van der Waals surface area contributed by atoms with E-state index in [1.165, 1.54) is 5.56 Å². The fourth-order valence-electron chi connectivity index (χ4n) is 4.39. The van der Waals surface area contributed by atoms with Gasteiger partial charge in [-0.2, -0.15) is 0 Å². The van der Waals surface area contributed by atoms with Gasteiger partial charge in [-0.1, -0.05) is 36.4 Å². The fourth-order valence-corrected chi connectivity index (χ4v) is 4.39. The highest BCUT2D eigenvalue weighted by atomic mass is 16.5. The zero-order chi connectivity index (χ0) is 20.3. The van der Waals surface area contributed by atoms with E-state index < -0.39 is 5.54 Å². The van der Waals surface area contributed by atoms with E-state index in [0.29, 0.717) is 19.4 Å². The largest absolute Gasteiger partial charge is 0.494 e. The van der Waals surface area contributed by atoms with Gasteiger partial charge in [0, 0.05) is 25.3 Å². The number of nitrogens with one attached hydrogen (secondary N) is 1. The van der Waals surface area contributed by atoms with Crippen molar-refractivity contribution < 1.29 is 14.3 Å². The Kier molecular flexibility index (Phi) is 5.53. The van der Waals surface area contributed by atoms with Gasteiger partial charge >= 0.3 is 6.03 Å². The number of benzene rings is 2. The molecule has 2 saturated heterocycles. The smallest absolute Gasteiger partial charge is 0.329 e. The van der Waals surface area contributed by atoms with Crippen LogP contribution in [0.1, 0.15) is 25.3 Å². The van der Waals surface area contributed by atoms with E-state index in [2.05, 4.69) is 16.3 Å². The highest BCUT2D eigenvalue weighted by Crippen LogP contribution is 2.37. The molecule has 2 aromatic rings. The van der Waals surface area contributed by atoms with E-state index in [1.807, 2.05) is 55.5 Å². The Morgan fingerprint density at radius 1 is 1.00 bits per heavy atom. The molecular formula is C23H27N3O3. The number of hydrogen-bond donors (Lipinski definition) is 1.